The van der Waals surface area contributed by atoms with Crippen LogP contribution in [0.3, 0.4) is 0 Å². The summed E-state index contributed by atoms with van der Waals surface area (Å²) in [6, 6.07) is 8.10. The van der Waals surface area contributed by atoms with Crippen molar-refractivity contribution in [3.8, 4) is 0 Å². The molecule has 0 unspecified atom stereocenters. The van der Waals surface area contributed by atoms with E-state index in [2.05, 4.69) is 5.32 Å². The molecule has 0 spiro atoms. The van der Waals surface area contributed by atoms with Gasteiger partial charge in [-0.1, -0.05) is 49.4 Å². The summed E-state index contributed by atoms with van der Waals surface area (Å²) in [6.45, 7) is 7.30. The van der Waals surface area contributed by atoms with Gasteiger partial charge in [-0.3, -0.25) is 14.4 Å². The maximum Gasteiger partial charge on any atom is 0.310 e. The number of carbonyl (C=O) groups is 3. The number of hydrogen-bond acceptors (Lipinski definition) is 5. The minimum atomic E-state index is -0.795. The highest BCUT2D eigenvalue weighted by molar-refractivity contribution is 5.96. The number of rotatable bonds is 8. The minimum absolute atomic E-state index is 0.104. The fourth-order valence-corrected chi connectivity index (χ4v) is 5.04. The lowest BCUT2D eigenvalue weighted by molar-refractivity contribution is -0.155. The van der Waals surface area contributed by atoms with Crippen LogP contribution in [0.1, 0.15) is 33.3 Å². The van der Waals surface area contributed by atoms with Crippen molar-refractivity contribution in [2.45, 2.75) is 52.2 Å². The summed E-state index contributed by atoms with van der Waals surface area (Å²) >= 11 is 0. The normalized spacial score (nSPS) is 27.9. The van der Waals surface area contributed by atoms with Crippen molar-refractivity contribution in [3.05, 3.63) is 48.0 Å². The van der Waals surface area contributed by atoms with Crippen molar-refractivity contribution in [3.63, 3.8) is 0 Å². The molecule has 2 amide bonds. The van der Waals surface area contributed by atoms with Gasteiger partial charge in [-0.15, -0.1) is 0 Å². The van der Waals surface area contributed by atoms with Crippen LogP contribution >= 0.6 is 0 Å². The fourth-order valence-electron chi connectivity index (χ4n) is 5.04. The van der Waals surface area contributed by atoms with Crippen molar-refractivity contribution in [1.29, 1.82) is 0 Å². The summed E-state index contributed by atoms with van der Waals surface area (Å²) in [7, 11) is 0. The van der Waals surface area contributed by atoms with Crippen LogP contribution in [0.4, 0.5) is 0 Å². The van der Waals surface area contributed by atoms with E-state index in [1.807, 2.05) is 63.3 Å². The van der Waals surface area contributed by atoms with Gasteiger partial charge in [0.05, 0.1) is 31.1 Å². The number of likely N-dealkylation sites (tertiary alicyclic amines) is 1. The van der Waals surface area contributed by atoms with Crippen LogP contribution < -0.4 is 5.32 Å². The van der Waals surface area contributed by atoms with Crippen molar-refractivity contribution >= 4 is 17.8 Å². The number of amides is 2. The molecule has 6 atom stereocenters. The van der Waals surface area contributed by atoms with Crippen LogP contribution in [0.15, 0.2) is 42.5 Å². The molecule has 1 aromatic rings. The summed E-state index contributed by atoms with van der Waals surface area (Å²) in [5.41, 5.74) is 0.961. The van der Waals surface area contributed by atoms with Gasteiger partial charge in [-0.2, -0.15) is 0 Å². The molecular weight excluding hydrogens is 408 g/mol. The smallest absolute Gasteiger partial charge is 0.310 e. The van der Waals surface area contributed by atoms with E-state index in [-0.39, 0.29) is 37.0 Å². The van der Waals surface area contributed by atoms with Gasteiger partial charge in [0.25, 0.3) is 0 Å². The molecule has 2 N–H and O–H groups in total. The van der Waals surface area contributed by atoms with E-state index in [9.17, 15) is 19.5 Å². The Morgan fingerprint density at radius 2 is 1.88 bits per heavy atom. The van der Waals surface area contributed by atoms with E-state index < -0.39 is 35.8 Å². The summed E-state index contributed by atoms with van der Waals surface area (Å²) in [4.78, 5) is 41.4. The van der Waals surface area contributed by atoms with Gasteiger partial charge in [0.2, 0.25) is 11.8 Å². The maximum atomic E-state index is 13.8. The molecule has 1 aromatic carbocycles. The van der Waals surface area contributed by atoms with Crippen LogP contribution in [0.2, 0.25) is 0 Å². The molecule has 2 aliphatic rings. The predicted molar refractivity (Wildman–Crippen MR) is 120 cm³/mol. The number of benzene rings is 1. The number of aliphatic hydroxyl groups excluding tert-OH is 1. The highest BCUT2D eigenvalue weighted by Gasteiger charge is 2.58. The van der Waals surface area contributed by atoms with E-state index in [0.717, 1.165) is 5.56 Å². The van der Waals surface area contributed by atoms with Crippen molar-refractivity contribution in [2.24, 2.45) is 23.7 Å². The first-order valence-corrected chi connectivity index (χ1v) is 11.4. The molecule has 1 aliphatic carbocycles. The number of allylic oxidation sites excluding steroid dienone is 1. The Morgan fingerprint density at radius 1 is 1.19 bits per heavy atom. The van der Waals surface area contributed by atoms with E-state index >= 15 is 0 Å². The molecule has 0 bridgehead atoms. The monoisotopic (exact) mass is 442 g/mol. The quantitative estimate of drug-likeness (QED) is 0.474. The second-order valence-electron chi connectivity index (χ2n) is 9.00. The lowest BCUT2D eigenvalue weighted by atomic mass is 9.70. The van der Waals surface area contributed by atoms with Gasteiger partial charge in [0.15, 0.2) is 0 Å². The Morgan fingerprint density at radius 3 is 2.47 bits per heavy atom. The molecule has 3 rings (SSSR count). The lowest BCUT2D eigenvalue weighted by Crippen LogP contribution is -2.54. The average Bonchev–Trinajstić information content (AvgIpc) is 3.05. The summed E-state index contributed by atoms with van der Waals surface area (Å²) in [6.07, 6.45) is 4.21. The van der Waals surface area contributed by atoms with E-state index in [0.29, 0.717) is 6.42 Å². The van der Waals surface area contributed by atoms with E-state index in [1.165, 1.54) is 4.90 Å². The zero-order valence-electron chi connectivity index (χ0n) is 19.2. The molecule has 1 heterocycles. The molecule has 7 nitrogen and oxygen atoms in total. The van der Waals surface area contributed by atoms with Crippen LogP contribution in [-0.4, -0.2) is 59.1 Å². The van der Waals surface area contributed by atoms with E-state index in [4.69, 9.17) is 4.74 Å². The number of carbonyl (C=O) groups excluding carboxylic acids is 3. The summed E-state index contributed by atoms with van der Waals surface area (Å²) < 4.78 is 5.29. The molecular formula is C25H34N2O5. The molecule has 1 saturated heterocycles. The van der Waals surface area contributed by atoms with Crippen molar-refractivity contribution in [1.82, 2.24) is 10.2 Å². The third kappa shape index (κ3) is 4.72. The van der Waals surface area contributed by atoms with Gasteiger partial charge in [0, 0.05) is 12.0 Å². The first-order chi connectivity index (χ1) is 15.3. The minimum Gasteiger partial charge on any atom is -0.466 e. The van der Waals surface area contributed by atoms with Gasteiger partial charge in [0.1, 0.15) is 6.04 Å². The number of ether oxygens (including phenoxy) is 1. The number of nitrogens with zero attached hydrogens (tertiary/aromatic N) is 1. The molecule has 0 radical (unpaired) electrons. The first kappa shape index (κ1) is 24.0. The lowest BCUT2D eigenvalue weighted by Gasteiger charge is -2.34. The standard InChI is InChI=1S/C25H34N2O5/c1-5-32-25(31)20-16(4)11-12-19-21(20)24(30)27(22(19)23(29)26-15(2)3)18(14-28)13-17-9-7-6-8-10-17/h6-12,15-16,18-22,28H,5,13-14H2,1-4H3,(H,26,29)/t16-,18-,19+,20-,21-,22+/m1/s1. The second-order valence-corrected chi connectivity index (χ2v) is 9.00. The van der Waals surface area contributed by atoms with Crippen LogP contribution in [0.5, 0.6) is 0 Å². The molecule has 174 valence electrons. The summed E-state index contributed by atoms with van der Waals surface area (Å²) in [5.74, 6) is -2.96. The van der Waals surface area contributed by atoms with Crippen LogP contribution in [0, 0.1) is 23.7 Å². The Balaban J connectivity index is 2.02. The molecule has 1 fully saturated rings. The first-order valence-electron chi connectivity index (χ1n) is 11.4. The maximum absolute atomic E-state index is 13.8. The average molecular weight is 443 g/mol. The zero-order valence-corrected chi connectivity index (χ0v) is 19.2. The molecule has 32 heavy (non-hydrogen) atoms. The number of aliphatic hydroxyl groups is 1. The van der Waals surface area contributed by atoms with Crippen molar-refractivity contribution in [2.75, 3.05) is 13.2 Å². The number of nitrogens with one attached hydrogen (secondary N) is 1. The summed E-state index contributed by atoms with van der Waals surface area (Å²) in [5, 5.41) is 13.2. The van der Waals surface area contributed by atoms with Gasteiger partial charge in [-0.25, -0.2) is 0 Å². The Labute approximate surface area is 189 Å². The largest absolute Gasteiger partial charge is 0.466 e. The number of hydrogen-bond donors (Lipinski definition) is 2. The fraction of sp³-hybridized carbons (Fsp3) is 0.560. The SMILES string of the molecule is CCOC(=O)[C@H]1[C@@H]2C(=O)N([C@@H](CO)Cc3ccccc3)[C@H](C(=O)NC(C)C)[C@H]2C=C[C@H]1C. The van der Waals surface area contributed by atoms with Gasteiger partial charge in [-0.05, 0) is 38.7 Å². The molecule has 7 heteroatoms. The second kappa shape index (κ2) is 10.3. The Bertz CT molecular complexity index is 853. The van der Waals surface area contributed by atoms with Crippen LogP contribution in [0.25, 0.3) is 0 Å². The third-order valence-electron chi connectivity index (χ3n) is 6.39. The molecule has 1 aliphatic heterocycles. The molecule has 0 aromatic heterocycles. The van der Waals surface area contributed by atoms with E-state index in [1.54, 1.807) is 6.92 Å². The number of esters is 1. The van der Waals surface area contributed by atoms with Gasteiger partial charge < -0.3 is 20.1 Å². The topological polar surface area (TPSA) is 95.9 Å². The van der Waals surface area contributed by atoms with Crippen LogP contribution in [-0.2, 0) is 25.5 Å². The highest BCUT2D eigenvalue weighted by Crippen LogP contribution is 2.45. The third-order valence-corrected chi connectivity index (χ3v) is 6.39. The zero-order chi connectivity index (χ0) is 23.4. The highest BCUT2D eigenvalue weighted by atomic mass is 16.5. The Hall–Kier alpha value is -2.67. The Kier molecular flexibility index (Phi) is 7.72. The predicted octanol–water partition coefficient (Wildman–Crippen LogP) is 1.94. The molecule has 0 saturated carbocycles. The van der Waals surface area contributed by atoms with Crippen molar-refractivity contribution < 1.29 is 24.2 Å². The van der Waals surface area contributed by atoms with Gasteiger partial charge >= 0.3 is 5.97 Å². The number of fused-ring (bicyclic) bond motifs is 1.